The predicted molar refractivity (Wildman–Crippen MR) is 128 cm³/mol. The normalized spacial score (nSPS) is 16.1. The highest BCUT2D eigenvalue weighted by Gasteiger charge is 2.39. The second-order valence-electron chi connectivity index (χ2n) is 7.75. The molecule has 3 aromatic carbocycles. The van der Waals surface area contributed by atoms with E-state index in [0.717, 1.165) is 16.7 Å². The lowest BCUT2D eigenvalue weighted by molar-refractivity contribution is -0.125. The minimum atomic E-state index is -3.93. The number of rotatable bonds is 7. The number of carbonyl (C=O) groups excluding carboxylic acids is 1. The molecule has 6 nitrogen and oxygen atoms in total. The molecule has 1 atom stereocenters. The van der Waals surface area contributed by atoms with E-state index in [4.69, 9.17) is 16.3 Å². The summed E-state index contributed by atoms with van der Waals surface area (Å²) in [6.45, 7) is 2.77. The molecule has 0 bridgehead atoms. The first-order valence-electron chi connectivity index (χ1n) is 10.7. The maximum atomic E-state index is 13.5. The summed E-state index contributed by atoms with van der Waals surface area (Å²) in [4.78, 5) is 13.4. The number of hydrogen-bond donors (Lipinski definition) is 1. The Morgan fingerprint density at radius 3 is 2.42 bits per heavy atom. The molecule has 0 aliphatic carbocycles. The molecule has 172 valence electrons. The van der Waals surface area contributed by atoms with Gasteiger partial charge in [-0.15, -0.1) is 0 Å². The first-order chi connectivity index (χ1) is 15.9. The van der Waals surface area contributed by atoms with E-state index in [-0.39, 0.29) is 23.9 Å². The molecule has 1 aliphatic heterocycles. The number of carbonyl (C=O) groups is 1. The highest BCUT2D eigenvalue weighted by molar-refractivity contribution is 7.89. The topological polar surface area (TPSA) is 75.7 Å². The summed E-state index contributed by atoms with van der Waals surface area (Å²) in [6, 6.07) is 20.2. The smallest absolute Gasteiger partial charge is 0.244 e. The minimum absolute atomic E-state index is 0.103. The number of fused-ring (bicyclic) bond motifs is 1. The highest BCUT2D eigenvalue weighted by Crippen LogP contribution is 2.30. The Bertz CT molecular complexity index is 1250. The number of sulfonamides is 1. The van der Waals surface area contributed by atoms with Gasteiger partial charge in [-0.05, 0) is 54.8 Å². The fourth-order valence-corrected chi connectivity index (χ4v) is 5.65. The van der Waals surface area contributed by atoms with Crippen molar-refractivity contribution >= 4 is 27.5 Å². The van der Waals surface area contributed by atoms with E-state index in [1.807, 2.05) is 55.5 Å². The van der Waals surface area contributed by atoms with Gasteiger partial charge in [0.15, 0.2) is 0 Å². The Balaban J connectivity index is 1.62. The number of para-hydroxylation sites is 1. The summed E-state index contributed by atoms with van der Waals surface area (Å²) in [5.41, 5.74) is 2.69. The third kappa shape index (κ3) is 5.05. The highest BCUT2D eigenvalue weighted by atomic mass is 35.5. The zero-order valence-corrected chi connectivity index (χ0v) is 19.8. The van der Waals surface area contributed by atoms with Gasteiger partial charge in [-0.2, -0.15) is 4.31 Å². The van der Waals surface area contributed by atoms with Gasteiger partial charge in [0.05, 0.1) is 11.5 Å². The third-order valence-electron chi connectivity index (χ3n) is 5.65. The molecule has 0 saturated carbocycles. The van der Waals surface area contributed by atoms with Gasteiger partial charge in [-0.25, -0.2) is 8.42 Å². The summed E-state index contributed by atoms with van der Waals surface area (Å²) >= 11 is 5.95. The number of benzene rings is 3. The standard InChI is InChI=1S/C25H25ClN2O4S/c1-2-32-24-10-6-5-8-19(24)16-27-25(29)23-15-18-7-3-4-9-20(18)17-28(23)33(30,31)22-13-11-21(26)12-14-22/h3-14,23H,2,15-17H2,1H3,(H,27,29)/t23-/m0/s1. The summed E-state index contributed by atoms with van der Waals surface area (Å²) in [5.74, 6) is 0.341. The summed E-state index contributed by atoms with van der Waals surface area (Å²) < 4.78 is 34.0. The zero-order chi connectivity index (χ0) is 23.4. The van der Waals surface area contributed by atoms with Crippen LogP contribution in [0, 0.1) is 0 Å². The van der Waals surface area contributed by atoms with Crippen molar-refractivity contribution in [1.82, 2.24) is 9.62 Å². The Kier molecular flexibility index (Phi) is 7.02. The largest absolute Gasteiger partial charge is 0.494 e. The number of hydrogen-bond acceptors (Lipinski definition) is 4. The monoisotopic (exact) mass is 484 g/mol. The maximum Gasteiger partial charge on any atom is 0.244 e. The molecule has 0 fully saturated rings. The van der Waals surface area contributed by atoms with E-state index in [2.05, 4.69) is 5.32 Å². The number of halogens is 1. The second kappa shape index (κ2) is 9.95. The van der Waals surface area contributed by atoms with Crippen LogP contribution in [-0.2, 0) is 34.3 Å². The van der Waals surface area contributed by atoms with Crippen molar-refractivity contribution in [2.45, 2.75) is 37.4 Å². The molecule has 0 saturated heterocycles. The molecule has 3 aromatic rings. The lowest BCUT2D eigenvalue weighted by Gasteiger charge is -2.35. The van der Waals surface area contributed by atoms with Crippen LogP contribution >= 0.6 is 11.6 Å². The summed E-state index contributed by atoms with van der Waals surface area (Å²) in [7, 11) is -3.93. The average Bonchev–Trinajstić information content (AvgIpc) is 2.83. The number of amides is 1. The van der Waals surface area contributed by atoms with Crippen LogP contribution in [0.1, 0.15) is 23.6 Å². The van der Waals surface area contributed by atoms with Crippen molar-refractivity contribution < 1.29 is 17.9 Å². The molecule has 1 amide bonds. The van der Waals surface area contributed by atoms with Crippen molar-refractivity contribution in [2.24, 2.45) is 0 Å². The maximum absolute atomic E-state index is 13.5. The van der Waals surface area contributed by atoms with Gasteiger partial charge in [0.25, 0.3) is 0 Å². The predicted octanol–water partition coefficient (Wildman–Crippen LogP) is 4.17. The average molecular weight is 485 g/mol. The lowest BCUT2D eigenvalue weighted by atomic mass is 9.95. The van der Waals surface area contributed by atoms with Crippen LogP contribution < -0.4 is 10.1 Å². The van der Waals surface area contributed by atoms with E-state index in [9.17, 15) is 13.2 Å². The van der Waals surface area contributed by atoms with E-state index in [1.54, 1.807) is 0 Å². The molecule has 0 spiro atoms. The van der Waals surface area contributed by atoms with Crippen LogP contribution in [0.3, 0.4) is 0 Å². The van der Waals surface area contributed by atoms with Crippen molar-refractivity contribution in [2.75, 3.05) is 6.61 Å². The Morgan fingerprint density at radius 1 is 1.03 bits per heavy atom. The first-order valence-corrected chi connectivity index (χ1v) is 12.5. The lowest BCUT2D eigenvalue weighted by Crippen LogP contribution is -2.52. The molecule has 0 unspecified atom stereocenters. The van der Waals surface area contributed by atoms with Crippen LogP contribution in [0.4, 0.5) is 0 Å². The third-order valence-corrected chi connectivity index (χ3v) is 7.77. The molecule has 33 heavy (non-hydrogen) atoms. The SMILES string of the molecule is CCOc1ccccc1CNC(=O)[C@@H]1Cc2ccccc2CN1S(=O)(=O)c1ccc(Cl)cc1. The van der Waals surface area contributed by atoms with Gasteiger partial charge in [0.1, 0.15) is 11.8 Å². The second-order valence-corrected chi connectivity index (χ2v) is 10.1. The van der Waals surface area contributed by atoms with E-state index in [0.29, 0.717) is 23.8 Å². The van der Waals surface area contributed by atoms with E-state index in [1.165, 1.54) is 28.6 Å². The molecule has 0 radical (unpaired) electrons. The van der Waals surface area contributed by atoms with Gasteiger partial charge in [0, 0.05) is 23.7 Å². The minimum Gasteiger partial charge on any atom is -0.494 e. The molecular weight excluding hydrogens is 460 g/mol. The van der Waals surface area contributed by atoms with Crippen LogP contribution in [0.5, 0.6) is 5.75 Å². The van der Waals surface area contributed by atoms with Crippen molar-refractivity contribution in [3.05, 3.63) is 94.5 Å². The van der Waals surface area contributed by atoms with Gasteiger partial charge in [0.2, 0.25) is 15.9 Å². The molecular formula is C25H25ClN2O4S. The summed E-state index contributed by atoms with van der Waals surface area (Å²) in [6.07, 6.45) is 0.294. The van der Waals surface area contributed by atoms with Gasteiger partial charge in [-0.3, -0.25) is 4.79 Å². The molecule has 1 N–H and O–H groups in total. The molecule has 1 aliphatic rings. The number of nitrogens with one attached hydrogen (secondary N) is 1. The van der Waals surface area contributed by atoms with Crippen LogP contribution in [0.25, 0.3) is 0 Å². The van der Waals surface area contributed by atoms with E-state index >= 15 is 0 Å². The van der Waals surface area contributed by atoms with Gasteiger partial charge < -0.3 is 10.1 Å². The van der Waals surface area contributed by atoms with Crippen LogP contribution in [0.15, 0.2) is 77.7 Å². The molecule has 8 heteroatoms. The number of ether oxygens (including phenoxy) is 1. The molecule has 4 rings (SSSR count). The van der Waals surface area contributed by atoms with Gasteiger partial charge >= 0.3 is 0 Å². The fraction of sp³-hybridized carbons (Fsp3) is 0.240. The Hall–Kier alpha value is -2.87. The Morgan fingerprint density at radius 2 is 1.70 bits per heavy atom. The molecule has 0 aromatic heterocycles. The van der Waals surface area contributed by atoms with Crippen molar-refractivity contribution in [1.29, 1.82) is 0 Å². The van der Waals surface area contributed by atoms with Crippen LogP contribution in [0.2, 0.25) is 5.02 Å². The van der Waals surface area contributed by atoms with Crippen molar-refractivity contribution in [3.63, 3.8) is 0 Å². The van der Waals surface area contributed by atoms with E-state index < -0.39 is 16.1 Å². The van der Waals surface area contributed by atoms with Gasteiger partial charge in [-0.1, -0.05) is 54.1 Å². The quantitative estimate of drug-likeness (QED) is 0.546. The molecule has 1 heterocycles. The zero-order valence-electron chi connectivity index (χ0n) is 18.2. The fourth-order valence-electron chi connectivity index (χ4n) is 3.96. The first kappa shape index (κ1) is 23.3. The van der Waals surface area contributed by atoms with Crippen LogP contribution in [-0.4, -0.2) is 31.3 Å². The summed E-state index contributed by atoms with van der Waals surface area (Å²) in [5, 5.41) is 3.36. The van der Waals surface area contributed by atoms with Crippen molar-refractivity contribution in [3.8, 4) is 5.75 Å². The Labute approximate surface area is 199 Å². The number of nitrogens with zero attached hydrogens (tertiary/aromatic N) is 1.